The highest BCUT2D eigenvalue weighted by Crippen LogP contribution is 2.45. The molecule has 2 aromatic carbocycles. The highest BCUT2D eigenvalue weighted by Gasteiger charge is 2.31. The monoisotopic (exact) mass is 523 g/mol. The van der Waals surface area contributed by atoms with Crippen molar-refractivity contribution in [2.75, 3.05) is 18.4 Å². The van der Waals surface area contributed by atoms with Gasteiger partial charge < -0.3 is 5.32 Å². The summed E-state index contributed by atoms with van der Waals surface area (Å²) in [5, 5.41) is 4.35. The third-order valence-electron chi connectivity index (χ3n) is 5.77. The predicted octanol–water partition coefficient (Wildman–Crippen LogP) is 7.10. The maximum absolute atomic E-state index is 13.1. The molecule has 178 valence electrons. The molecule has 2 aromatic heterocycles. The number of alkyl halides is 3. The first-order valence-corrected chi connectivity index (χ1v) is 12.2. The highest BCUT2D eigenvalue weighted by molar-refractivity contribution is 7.23. The van der Waals surface area contributed by atoms with Crippen LogP contribution in [0.4, 0.5) is 18.2 Å². The number of hydrogen-bond acceptors (Lipinski definition) is 5. The summed E-state index contributed by atoms with van der Waals surface area (Å²) in [4.78, 5) is 21.3. The normalized spacial score (nSPS) is 14.0. The number of carbonyl (C=O) groups is 1. The Morgan fingerprint density at radius 3 is 2.68 bits per heavy atom. The number of anilines is 1. The van der Waals surface area contributed by atoms with Gasteiger partial charge in [0.1, 0.15) is 10.0 Å². The molecule has 0 radical (unpaired) electrons. The van der Waals surface area contributed by atoms with Gasteiger partial charge in [0, 0.05) is 29.1 Å². The summed E-state index contributed by atoms with van der Waals surface area (Å²) in [5.41, 5.74) is 2.08. The van der Waals surface area contributed by atoms with Crippen LogP contribution < -0.4 is 5.32 Å². The first-order chi connectivity index (χ1) is 15.8. The second-order valence-corrected chi connectivity index (χ2v) is 9.98. The SMILES string of the molecule is CCN1CCc2c(sc(NC(=O)c3cccc(C(F)(F)F)c3)c2-c2nc3ccccc3s2)C1.Cl. The van der Waals surface area contributed by atoms with Crippen LogP contribution in [0.2, 0.25) is 0 Å². The zero-order valence-electron chi connectivity index (χ0n) is 18.1. The Bertz CT molecular complexity index is 1320. The van der Waals surface area contributed by atoms with Crippen molar-refractivity contribution in [3.05, 3.63) is 70.1 Å². The molecule has 0 saturated heterocycles. The van der Waals surface area contributed by atoms with Crippen molar-refractivity contribution in [2.24, 2.45) is 0 Å². The first kappa shape index (κ1) is 24.7. The lowest BCUT2D eigenvalue weighted by molar-refractivity contribution is -0.137. The number of hydrogen-bond donors (Lipinski definition) is 1. The molecule has 10 heteroatoms. The molecule has 0 bridgehead atoms. The number of fused-ring (bicyclic) bond motifs is 2. The van der Waals surface area contributed by atoms with Crippen LogP contribution in [0, 0.1) is 0 Å². The number of likely N-dealkylation sites (N-methyl/N-ethyl adjacent to an activating group) is 1. The van der Waals surface area contributed by atoms with Crippen LogP contribution in [-0.4, -0.2) is 28.9 Å². The van der Waals surface area contributed by atoms with Gasteiger partial charge >= 0.3 is 6.18 Å². The Labute approximate surface area is 208 Å². The van der Waals surface area contributed by atoms with Gasteiger partial charge in [-0.15, -0.1) is 35.1 Å². The Kier molecular flexibility index (Phi) is 7.00. The number of para-hydroxylation sites is 1. The quantitative estimate of drug-likeness (QED) is 0.310. The molecule has 5 rings (SSSR count). The van der Waals surface area contributed by atoms with E-state index in [2.05, 4.69) is 17.1 Å². The van der Waals surface area contributed by atoms with Crippen molar-refractivity contribution in [3.8, 4) is 10.6 Å². The average molecular weight is 524 g/mol. The molecule has 1 aliphatic heterocycles. The standard InChI is InChI=1S/C24H20F3N3OS2.ClH/c1-2-30-11-10-16-19(13-30)33-23(20(16)22-28-17-8-3-4-9-18(17)32-22)29-21(31)14-6-5-7-15(12-14)24(25,26)27;/h3-9,12H,2,10-11,13H2,1H3,(H,29,31);1H. The second kappa shape index (κ2) is 9.65. The minimum atomic E-state index is -4.51. The molecule has 1 amide bonds. The van der Waals surface area contributed by atoms with E-state index in [0.717, 1.165) is 63.9 Å². The number of aromatic nitrogens is 1. The van der Waals surface area contributed by atoms with Gasteiger partial charge in [-0.25, -0.2) is 4.98 Å². The van der Waals surface area contributed by atoms with Gasteiger partial charge in [-0.2, -0.15) is 13.2 Å². The van der Waals surface area contributed by atoms with Crippen molar-refractivity contribution in [1.29, 1.82) is 0 Å². The topological polar surface area (TPSA) is 45.2 Å². The van der Waals surface area contributed by atoms with Crippen LogP contribution in [-0.2, 0) is 19.1 Å². The third kappa shape index (κ3) is 4.70. The van der Waals surface area contributed by atoms with Gasteiger partial charge in [0.15, 0.2) is 0 Å². The molecule has 0 aliphatic carbocycles. The Morgan fingerprint density at radius 2 is 1.94 bits per heavy atom. The van der Waals surface area contributed by atoms with E-state index in [1.54, 1.807) is 11.3 Å². The second-order valence-electron chi connectivity index (χ2n) is 7.85. The summed E-state index contributed by atoms with van der Waals surface area (Å²) in [6.45, 7) is 4.75. The fourth-order valence-corrected chi connectivity index (χ4v) is 6.43. The minimum Gasteiger partial charge on any atom is -0.313 e. The van der Waals surface area contributed by atoms with Crippen LogP contribution >= 0.6 is 35.1 Å². The van der Waals surface area contributed by atoms with Gasteiger partial charge in [0.2, 0.25) is 0 Å². The van der Waals surface area contributed by atoms with E-state index in [0.29, 0.717) is 5.00 Å². The summed E-state index contributed by atoms with van der Waals surface area (Å²) in [6.07, 6.45) is -3.67. The van der Waals surface area contributed by atoms with Crippen LogP contribution in [0.3, 0.4) is 0 Å². The van der Waals surface area contributed by atoms with Crippen molar-refractivity contribution in [3.63, 3.8) is 0 Å². The van der Waals surface area contributed by atoms with Crippen molar-refractivity contribution < 1.29 is 18.0 Å². The molecule has 3 heterocycles. The number of thiophene rings is 1. The summed E-state index contributed by atoms with van der Waals surface area (Å²) < 4.78 is 40.4. The molecule has 4 nitrogen and oxygen atoms in total. The van der Waals surface area contributed by atoms with E-state index in [-0.39, 0.29) is 18.0 Å². The Morgan fingerprint density at radius 1 is 1.15 bits per heavy atom. The summed E-state index contributed by atoms with van der Waals surface area (Å²) in [6, 6.07) is 12.4. The van der Waals surface area contributed by atoms with E-state index >= 15 is 0 Å². The third-order valence-corrected chi connectivity index (χ3v) is 7.96. The van der Waals surface area contributed by atoms with E-state index in [1.807, 2.05) is 24.3 Å². The van der Waals surface area contributed by atoms with Gasteiger partial charge in [-0.05, 0) is 48.9 Å². The van der Waals surface area contributed by atoms with Crippen LogP contribution in [0.15, 0.2) is 48.5 Å². The van der Waals surface area contributed by atoms with Gasteiger partial charge in [0.05, 0.1) is 15.8 Å². The van der Waals surface area contributed by atoms with Crippen LogP contribution in [0.1, 0.15) is 33.3 Å². The molecule has 0 spiro atoms. The van der Waals surface area contributed by atoms with Crippen molar-refractivity contribution in [1.82, 2.24) is 9.88 Å². The number of nitrogens with one attached hydrogen (secondary N) is 1. The number of benzene rings is 2. The lowest BCUT2D eigenvalue weighted by Gasteiger charge is -2.25. The Hall–Kier alpha value is -2.46. The largest absolute Gasteiger partial charge is 0.416 e. The fraction of sp³-hybridized carbons (Fsp3) is 0.250. The molecule has 0 atom stereocenters. The lowest BCUT2D eigenvalue weighted by Crippen LogP contribution is -2.29. The van der Waals surface area contributed by atoms with E-state index in [9.17, 15) is 18.0 Å². The predicted molar refractivity (Wildman–Crippen MR) is 134 cm³/mol. The molecule has 34 heavy (non-hydrogen) atoms. The molecule has 1 aliphatic rings. The molecule has 1 N–H and O–H groups in total. The number of nitrogens with zero attached hydrogens (tertiary/aromatic N) is 2. The zero-order chi connectivity index (χ0) is 23.2. The van der Waals surface area contributed by atoms with E-state index in [4.69, 9.17) is 4.98 Å². The van der Waals surface area contributed by atoms with Crippen LogP contribution in [0.25, 0.3) is 20.8 Å². The van der Waals surface area contributed by atoms with Crippen LogP contribution in [0.5, 0.6) is 0 Å². The minimum absolute atomic E-state index is 0. The van der Waals surface area contributed by atoms with Crippen molar-refractivity contribution >= 4 is 56.2 Å². The zero-order valence-corrected chi connectivity index (χ0v) is 20.6. The summed E-state index contributed by atoms with van der Waals surface area (Å²) >= 11 is 3.05. The summed E-state index contributed by atoms with van der Waals surface area (Å²) in [5.74, 6) is -0.561. The maximum atomic E-state index is 13.1. The smallest absolute Gasteiger partial charge is 0.313 e. The summed E-state index contributed by atoms with van der Waals surface area (Å²) in [7, 11) is 0. The van der Waals surface area contributed by atoms with Gasteiger partial charge in [-0.1, -0.05) is 25.1 Å². The number of amides is 1. The fourth-order valence-electron chi connectivity index (χ4n) is 4.03. The average Bonchev–Trinajstić information content (AvgIpc) is 3.38. The highest BCUT2D eigenvalue weighted by atomic mass is 35.5. The number of carbonyl (C=O) groups excluding carboxylic acids is 1. The lowest BCUT2D eigenvalue weighted by atomic mass is 10.0. The number of rotatable bonds is 4. The Balaban J connectivity index is 0.00000274. The molecular formula is C24H21ClF3N3OS2. The maximum Gasteiger partial charge on any atom is 0.416 e. The molecule has 4 aromatic rings. The first-order valence-electron chi connectivity index (χ1n) is 10.5. The van der Waals surface area contributed by atoms with Gasteiger partial charge in [-0.3, -0.25) is 9.69 Å². The number of thiazole rings is 1. The van der Waals surface area contributed by atoms with E-state index in [1.165, 1.54) is 29.0 Å². The molecular weight excluding hydrogens is 503 g/mol. The number of halogens is 4. The molecule has 0 unspecified atom stereocenters. The van der Waals surface area contributed by atoms with Crippen molar-refractivity contribution in [2.45, 2.75) is 26.1 Å². The molecule has 0 saturated carbocycles. The molecule has 0 fully saturated rings. The van der Waals surface area contributed by atoms with Gasteiger partial charge in [0.25, 0.3) is 5.91 Å². The van der Waals surface area contributed by atoms with E-state index < -0.39 is 17.6 Å².